The molecule has 0 heterocycles. The van der Waals surface area contributed by atoms with Gasteiger partial charge in [0.25, 0.3) is 0 Å². The van der Waals surface area contributed by atoms with E-state index in [0.717, 1.165) is 25.7 Å². The van der Waals surface area contributed by atoms with Gasteiger partial charge in [-0.15, -0.1) is 0 Å². The number of hydrogen-bond acceptors (Lipinski definition) is 4. The second-order valence-corrected chi connectivity index (χ2v) is 14.1. The SMILES string of the molecule is CCC[CH2][Sn]([CH2]CCC)([O]C(=O)CCl)[O]C(=O)CCl. The number of alkyl halides is 2. The fraction of sp³-hybridized carbons (Fsp3) is 0.833. The second-order valence-electron chi connectivity index (χ2n) is 4.33. The molecule has 0 atom stereocenters. The Morgan fingerprint density at radius 1 is 0.895 bits per heavy atom. The third kappa shape index (κ3) is 8.25. The topological polar surface area (TPSA) is 52.6 Å². The Bertz CT molecular complexity index is 259. The number of halogens is 2. The Morgan fingerprint density at radius 3 is 1.53 bits per heavy atom. The number of rotatable bonds is 10. The zero-order valence-corrected chi connectivity index (χ0v) is 15.9. The van der Waals surface area contributed by atoms with Gasteiger partial charge in [-0.05, 0) is 0 Å². The number of unbranched alkanes of at least 4 members (excludes halogenated alkanes) is 2. The number of hydrogen-bond donors (Lipinski definition) is 0. The van der Waals surface area contributed by atoms with E-state index in [0.29, 0.717) is 8.87 Å². The molecule has 0 saturated heterocycles. The molecule has 0 aromatic carbocycles. The predicted molar refractivity (Wildman–Crippen MR) is 78.8 cm³/mol. The third-order valence-electron chi connectivity index (χ3n) is 2.64. The molecule has 0 aliphatic heterocycles. The maximum atomic E-state index is 11.5. The Hall–Kier alpha value is 0.319. The van der Waals surface area contributed by atoms with Crippen LogP contribution in [0.3, 0.4) is 0 Å². The summed E-state index contributed by atoms with van der Waals surface area (Å²) in [5.41, 5.74) is 0. The average Bonchev–Trinajstić information content (AvgIpc) is 2.42. The summed E-state index contributed by atoms with van der Waals surface area (Å²) in [6.45, 7) is 4.09. The van der Waals surface area contributed by atoms with Gasteiger partial charge in [0.1, 0.15) is 0 Å². The van der Waals surface area contributed by atoms with E-state index < -0.39 is 31.1 Å². The summed E-state index contributed by atoms with van der Waals surface area (Å²) in [5.74, 6) is -1.41. The predicted octanol–water partition coefficient (Wildman–Crippen LogP) is 3.59. The van der Waals surface area contributed by atoms with Crippen molar-refractivity contribution in [3.05, 3.63) is 0 Å². The van der Waals surface area contributed by atoms with Gasteiger partial charge in [-0.3, -0.25) is 0 Å². The summed E-state index contributed by atoms with van der Waals surface area (Å²) in [4.78, 5) is 23.0. The van der Waals surface area contributed by atoms with Crippen molar-refractivity contribution in [2.45, 2.75) is 48.4 Å². The Morgan fingerprint density at radius 2 is 1.26 bits per heavy atom. The summed E-state index contributed by atoms with van der Waals surface area (Å²) in [7, 11) is 0. The van der Waals surface area contributed by atoms with Crippen LogP contribution in [0.4, 0.5) is 0 Å². The van der Waals surface area contributed by atoms with Crippen LogP contribution in [0, 0.1) is 0 Å². The molecule has 0 bridgehead atoms. The Kier molecular flexibility index (Phi) is 11.2. The molecule has 0 spiro atoms. The molecule has 19 heavy (non-hydrogen) atoms. The van der Waals surface area contributed by atoms with E-state index >= 15 is 0 Å². The third-order valence-corrected chi connectivity index (χ3v) is 12.9. The van der Waals surface area contributed by atoms with Gasteiger partial charge in [0.15, 0.2) is 0 Å². The molecular formula is C12H22Cl2O4Sn. The van der Waals surface area contributed by atoms with E-state index in [-0.39, 0.29) is 11.8 Å². The van der Waals surface area contributed by atoms with Crippen molar-refractivity contribution in [2.24, 2.45) is 0 Å². The Labute approximate surface area is 130 Å². The summed E-state index contributed by atoms with van der Waals surface area (Å²) in [5, 5.41) is 0. The van der Waals surface area contributed by atoms with Crippen molar-refractivity contribution in [2.75, 3.05) is 11.8 Å². The fourth-order valence-corrected chi connectivity index (χ4v) is 12.2. The monoisotopic (exact) mass is 420 g/mol. The summed E-state index contributed by atoms with van der Waals surface area (Å²) < 4.78 is 12.4. The van der Waals surface area contributed by atoms with Gasteiger partial charge < -0.3 is 0 Å². The molecule has 0 N–H and O–H groups in total. The van der Waals surface area contributed by atoms with Crippen molar-refractivity contribution >= 4 is 54.3 Å². The molecule has 0 saturated carbocycles. The average molecular weight is 420 g/mol. The fourth-order valence-electron chi connectivity index (χ4n) is 1.71. The van der Waals surface area contributed by atoms with Gasteiger partial charge in [0.2, 0.25) is 0 Å². The van der Waals surface area contributed by atoms with Crippen LogP contribution in [-0.2, 0) is 15.7 Å². The van der Waals surface area contributed by atoms with Crippen LogP contribution in [0.25, 0.3) is 0 Å². The molecule has 0 unspecified atom stereocenters. The van der Waals surface area contributed by atoms with Crippen molar-refractivity contribution < 1.29 is 15.7 Å². The van der Waals surface area contributed by atoms with Crippen LogP contribution in [0.2, 0.25) is 8.87 Å². The minimum atomic E-state index is -3.72. The van der Waals surface area contributed by atoms with Gasteiger partial charge in [-0.2, -0.15) is 0 Å². The van der Waals surface area contributed by atoms with Crippen LogP contribution in [-0.4, -0.2) is 42.9 Å². The molecule has 0 radical (unpaired) electrons. The summed E-state index contributed by atoms with van der Waals surface area (Å²) in [6, 6.07) is 0. The summed E-state index contributed by atoms with van der Waals surface area (Å²) in [6.07, 6.45) is 3.68. The minimum absolute atomic E-state index is 0.213. The van der Waals surface area contributed by atoms with Gasteiger partial charge in [0.05, 0.1) is 0 Å². The normalized spacial score (nSPS) is 11.2. The standard InChI is InChI=1S/2C4H9.2C2H3ClO2.Sn/c2*1-3-4-2;2*3-1-2(4)5;/h2*1,3-4H2,2H3;2*1H2,(H,4,5);/q;;;;+2/p-2. The van der Waals surface area contributed by atoms with E-state index in [9.17, 15) is 9.59 Å². The number of carbonyl (C=O) groups excluding carboxylic acids is 2. The molecule has 0 rings (SSSR count). The van der Waals surface area contributed by atoms with Gasteiger partial charge in [-0.25, -0.2) is 0 Å². The van der Waals surface area contributed by atoms with Crippen molar-refractivity contribution in [3.63, 3.8) is 0 Å². The van der Waals surface area contributed by atoms with E-state index in [1.54, 1.807) is 0 Å². The van der Waals surface area contributed by atoms with Crippen LogP contribution in [0.5, 0.6) is 0 Å². The zero-order valence-electron chi connectivity index (χ0n) is 11.5. The van der Waals surface area contributed by atoms with Crippen molar-refractivity contribution in [3.8, 4) is 0 Å². The molecule has 0 amide bonds. The molecule has 7 heteroatoms. The van der Waals surface area contributed by atoms with Gasteiger partial charge in [0, 0.05) is 0 Å². The van der Waals surface area contributed by atoms with E-state index in [1.807, 2.05) is 13.8 Å². The van der Waals surface area contributed by atoms with Gasteiger partial charge >= 0.3 is 130 Å². The first-order valence-corrected chi connectivity index (χ1v) is 14.0. The van der Waals surface area contributed by atoms with Crippen molar-refractivity contribution in [1.82, 2.24) is 0 Å². The zero-order chi connectivity index (χ0) is 14.7. The number of carbonyl (C=O) groups is 2. The molecule has 112 valence electrons. The quantitative estimate of drug-likeness (QED) is 0.401. The molecule has 0 fully saturated rings. The van der Waals surface area contributed by atoms with Crippen LogP contribution in [0.1, 0.15) is 39.5 Å². The van der Waals surface area contributed by atoms with E-state index in [1.165, 1.54) is 0 Å². The van der Waals surface area contributed by atoms with Crippen LogP contribution < -0.4 is 0 Å². The first-order chi connectivity index (χ1) is 9.03. The summed E-state index contributed by atoms with van der Waals surface area (Å²) >= 11 is 7.26. The molecule has 4 nitrogen and oxygen atoms in total. The van der Waals surface area contributed by atoms with E-state index in [4.69, 9.17) is 29.4 Å². The molecule has 0 aliphatic rings. The van der Waals surface area contributed by atoms with Gasteiger partial charge in [-0.1, -0.05) is 0 Å². The first-order valence-electron chi connectivity index (χ1n) is 6.59. The van der Waals surface area contributed by atoms with Crippen LogP contribution in [0.15, 0.2) is 0 Å². The molecular weight excluding hydrogens is 398 g/mol. The molecule has 0 aliphatic carbocycles. The Balaban J connectivity index is 4.93. The first kappa shape index (κ1) is 19.3. The second kappa shape index (κ2) is 11.0. The maximum absolute atomic E-state index is 11.5. The molecule has 0 aromatic rings. The van der Waals surface area contributed by atoms with E-state index in [2.05, 4.69) is 0 Å². The molecule has 0 aromatic heterocycles. The van der Waals surface area contributed by atoms with Crippen LogP contribution >= 0.6 is 23.2 Å². The van der Waals surface area contributed by atoms with Crippen molar-refractivity contribution in [1.29, 1.82) is 0 Å².